The van der Waals surface area contributed by atoms with E-state index in [1.54, 1.807) is 13.8 Å². The van der Waals surface area contributed by atoms with E-state index in [0.717, 1.165) is 52.1 Å². The van der Waals surface area contributed by atoms with Crippen LogP contribution in [0.4, 0.5) is 0 Å². The van der Waals surface area contributed by atoms with Crippen LogP contribution in [-0.2, 0) is 42.8 Å². The fourth-order valence-electron chi connectivity index (χ4n) is 14.6. The van der Waals surface area contributed by atoms with Crippen LogP contribution < -0.4 is 0 Å². The third-order valence-electron chi connectivity index (χ3n) is 18.1. The Bertz CT molecular complexity index is 1700. The molecule has 16 nitrogen and oxygen atoms in total. The summed E-state index contributed by atoms with van der Waals surface area (Å²) in [6, 6.07) is 0. The number of aliphatic hydroxyl groups excluding tert-OH is 6. The Morgan fingerprint density at radius 3 is 2.19 bits per heavy atom. The Hall–Kier alpha value is -2.25. The highest BCUT2D eigenvalue weighted by atomic mass is 16.8. The monoisotopic (exact) mass is 836 g/mol. The molecule has 16 heteroatoms. The van der Waals surface area contributed by atoms with Crippen molar-refractivity contribution in [2.24, 2.45) is 50.7 Å². The van der Waals surface area contributed by atoms with Gasteiger partial charge in [0.1, 0.15) is 48.8 Å². The van der Waals surface area contributed by atoms with Crippen molar-refractivity contribution in [3.63, 3.8) is 0 Å². The number of cyclic esters (lactones) is 1. The first-order valence-electron chi connectivity index (χ1n) is 21.6. The summed E-state index contributed by atoms with van der Waals surface area (Å²) < 4.78 is 34.7. The lowest BCUT2D eigenvalue weighted by Crippen LogP contribution is -2.66. The number of hydrogen-bond acceptors (Lipinski definition) is 15. The smallest absolute Gasteiger partial charge is 0.337 e. The number of ether oxygens (including phenoxy) is 6. The third-order valence-corrected chi connectivity index (χ3v) is 18.1. The van der Waals surface area contributed by atoms with Gasteiger partial charge in [0.15, 0.2) is 18.7 Å². The molecule has 8 aliphatic rings. The summed E-state index contributed by atoms with van der Waals surface area (Å²) in [6.45, 7) is 9.92. The van der Waals surface area contributed by atoms with Crippen LogP contribution >= 0.6 is 0 Å². The fraction of sp³-hybridized carbons (Fsp3) is 0.884. The molecule has 0 aromatic carbocycles. The van der Waals surface area contributed by atoms with E-state index < -0.39 is 91.5 Å². The molecule has 0 aromatic rings. The quantitative estimate of drug-likeness (QED) is 0.129. The summed E-state index contributed by atoms with van der Waals surface area (Å²) in [4.78, 5) is 39.1. The lowest BCUT2D eigenvalue weighted by Gasteiger charge is -2.63. The molecule has 7 N–H and O–H groups in total. The molecule has 59 heavy (non-hydrogen) atoms. The number of carboxylic acid groups (broad SMARTS) is 1. The third kappa shape index (κ3) is 6.08. The van der Waals surface area contributed by atoms with E-state index in [-0.39, 0.29) is 45.6 Å². The largest absolute Gasteiger partial charge is 0.481 e. The van der Waals surface area contributed by atoms with Crippen LogP contribution in [0.1, 0.15) is 98.8 Å². The average Bonchev–Trinajstić information content (AvgIpc) is 3.80. The van der Waals surface area contributed by atoms with Gasteiger partial charge in [-0.15, -0.1) is 0 Å². The van der Waals surface area contributed by atoms with Gasteiger partial charge in [0, 0.05) is 12.0 Å². The van der Waals surface area contributed by atoms with Crippen LogP contribution in [0.25, 0.3) is 0 Å². The van der Waals surface area contributed by atoms with E-state index in [2.05, 4.69) is 20.8 Å². The van der Waals surface area contributed by atoms with Gasteiger partial charge >= 0.3 is 17.9 Å². The summed E-state index contributed by atoms with van der Waals surface area (Å²) >= 11 is 0. The molecule has 8 rings (SSSR count). The molecule has 332 valence electrons. The Balaban J connectivity index is 1.05. The number of methoxy groups -OCH3 is 1. The van der Waals surface area contributed by atoms with Crippen molar-refractivity contribution < 1.29 is 78.6 Å². The van der Waals surface area contributed by atoms with Crippen LogP contribution in [0.15, 0.2) is 11.6 Å². The van der Waals surface area contributed by atoms with Crippen LogP contribution in [0.3, 0.4) is 0 Å². The topological polar surface area (TPSA) is 248 Å². The van der Waals surface area contributed by atoms with Gasteiger partial charge in [-0.2, -0.15) is 0 Å². The van der Waals surface area contributed by atoms with Gasteiger partial charge in [-0.25, -0.2) is 9.59 Å². The van der Waals surface area contributed by atoms with Crippen molar-refractivity contribution in [1.29, 1.82) is 0 Å². The minimum Gasteiger partial charge on any atom is -0.481 e. The van der Waals surface area contributed by atoms with E-state index in [9.17, 15) is 50.1 Å². The molecule has 0 bridgehead atoms. The number of esters is 2. The molecule has 21 atom stereocenters. The van der Waals surface area contributed by atoms with Crippen molar-refractivity contribution >= 4 is 17.9 Å². The highest BCUT2D eigenvalue weighted by Gasteiger charge is 2.83. The van der Waals surface area contributed by atoms with Gasteiger partial charge in [0.2, 0.25) is 0 Å². The van der Waals surface area contributed by atoms with Crippen molar-refractivity contribution in [2.45, 2.75) is 172 Å². The predicted molar refractivity (Wildman–Crippen MR) is 202 cm³/mol. The molecule has 0 amide bonds. The number of hydrogen-bond donors (Lipinski definition) is 7. The second kappa shape index (κ2) is 14.9. The minimum absolute atomic E-state index is 0.0147. The van der Waals surface area contributed by atoms with Gasteiger partial charge in [-0.05, 0) is 117 Å². The maximum Gasteiger partial charge on any atom is 0.337 e. The molecule has 21 unspecified atom stereocenters. The van der Waals surface area contributed by atoms with Crippen molar-refractivity contribution in [2.75, 3.05) is 13.7 Å². The zero-order valence-electron chi connectivity index (χ0n) is 34.9. The normalized spacial score (nSPS) is 53.4. The maximum atomic E-state index is 13.7. The average molecular weight is 837 g/mol. The number of aliphatic carboxylic acids is 1. The van der Waals surface area contributed by atoms with Crippen molar-refractivity contribution in [3.05, 3.63) is 11.6 Å². The Kier molecular flexibility index (Phi) is 11.0. The predicted octanol–water partition coefficient (Wildman–Crippen LogP) is 1.58. The van der Waals surface area contributed by atoms with E-state index in [4.69, 9.17) is 28.4 Å². The number of carbonyl (C=O) groups excluding carboxylic acids is 2. The molecule has 5 aliphatic carbocycles. The molecule has 3 heterocycles. The molecular formula is C43H64O16. The van der Waals surface area contributed by atoms with Crippen molar-refractivity contribution in [3.8, 4) is 0 Å². The molecule has 5 saturated carbocycles. The number of aliphatic hydroxyl groups is 6. The standard InChI is InChI=1S/C43H64O16/c1-19-7-8-22(55-34(19)50)20(2)21-11-13-40(4)24-9-10-25-41(5,38(52)53)26(12-14-42(25)18-43(24,42)16-15-39(21,40)3)57-37-33(30(48)29(47)32(58-37)35(51)54-6)59-36-31(49)28(46)27(45)23(17-44)56-36/h7,20-33,36-37,44-49H,8-18H2,1-6H3,(H,52,53). The summed E-state index contributed by atoms with van der Waals surface area (Å²) in [5, 5.41) is 74.9. The molecule has 3 aliphatic heterocycles. The zero-order valence-corrected chi connectivity index (χ0v) is 34.9. The molecule has 7 fully saturated rings. The second-order valence-corrected chi connectivity index (χ2v) is 20.1. The first-order valence-corrected chi connectivity index (χ1v) is 21.6. The summed E-state index contributed by atoms with van der Waals surface area (Å²) in [5.41, 5.74) is -1.02. The number of fused-ring (bicyclic) bond motifs is 2. The van der Waals surface area contributed by atoms with E-state index >= 15 is 0 Å². The summed E-state index contributed by atoms with van der Waals surface area (Å²) in [6.07, 6.45) is -8.33. The Morgan fingerprint density at radius 2 is 1.53 bits per heavy atom. The highest BCUT2D eigenvalue weighted by molar-refractivity contribution is 5.88. The van der Waals surface area contributed by atoms with Crippen molar-refractivity contribution in [1.82, 2.24) is 0 Å². The fourth-order valence-corrected chi connectivity index (χ4v) is 14.6. The number of rotatable bonds is 9. The van der Waals surface area contributed by atoms with Gasteiger partial charge in [0.05, 0.1) is 25.2 Å². The van der Waals surface area contributed by atoms with E-state index in [1.807, 2.05) is 6.08 Å². The minimum atomic E-state index is -1.92. The number of carbonyl (C=O) groups is 3. The molecule has 0 radical (unpaired) electrons. The Morgan fingerprint density at radius 1 is 0.831 bits per heavy atom. The van der Waals surface area contributed by atoms with E-state index in [1.165, 1.54) is 0 Å². The van der Waals surface area contributed by atoms with Crippen LogP contribution in [-0.4, -0.2) is 141 Å². The van der Waals surface area contributed by atoms with E-state index in [0.29, 0.717) is 36.7 Å². The van der Waals surface area contributed by atoms with Crippen LogP contribution in [0.2, 0.25) is 0 Å². The van der Waals surface area contributed by atoms with Gasteiger partial charge in [-0.3, -0.25) is 4.79 Å². The Labute approximate surface area is 344 Å². The van der Waals surface area contributed by atoms with Crippen LogP contribution in [0.5, 0.6) is 0 Å². The molecule has 2 saturated heterocycles. The first-order chi connectivity index (χ1) is 27.8. The number of carboxylic acids is 1. The zero-order chi connectivity index (χ0) is 42.8. The molecule has 0 aromatic heterocycles. The maximum absolute atomic E-state index is 13.7. The lowest BCUT2D eigenvalue weighted by molar-refractivity contribution is -0.373. The van der Waals surface area contributed by atoms with Crippen LogP contribution in [0, 0.1) is 50.7 Å². The lowest BCUT2D eigenvalue weighted by atomic mass is 9.41. The molecular weight excluding hydrogens is 772 g/mol. The second-order valence-electron chi connectivity index (χ2n) is 20.1. The first kappa shape index (κ1) is 43.4. The summed E-state index contributed by atoms with van der Waals surface area (Å²) in [5.74, 6) is -1.60. The highest BCUT2D eigenvalue weighted by Crippen LogP contribution is 2.89. The molecule has 2 spiro atoms. The summed E-state index contributed by atoms with van der Waals surface area (Å²) in [7, 11) is 1.08. The van der Waals surface area contributed by atoms with Gasteiger partial charge < -0.3 is 64.2 Å². The van der Waals surface area contributed by atoms with Gasteiger partial charge in [0.25, 0.3) is 0 Å². The SMILES string of the molecule is COC(=O)C1OC(OC2CCC34CC35CCC3(C)C(C(C)C6CC=C(C)C(=O)O6)CCC3(C)C5CCC4C2(C)C(=O)O)C(OC2OC(CO)C(O)C(O)C2O)C(O)C1O. The van der Waals surface area contributed by atoms with Gasteiger partial charge in [-0.1, -0.05) is 26.8 Å².